The third-order valence-electron chi connectivity index (χ3n) is 6.08. The Bertz CT molecular complexity index is 645. The molecule has 27 heavy (non-hydrogen) atoms. The summed E-state index contributed by atoms with van der Waals surface area (Å²) in [4.78, 5) is 37.1. The van der Waals surface area contributed by atoms with Gasteiger partial charge in [-0.25, -0.2) is 0 Å². The highest BCUT2D eigenvalue weighted by Crippen LogP contribution is 2.44. The molecule has 0 aromatic heterocycles. The van der Waals surface area contributed by atoms with Crippen LogP contribution in [0, 0.1) is 5.92 Å². The molecule has 5 heteroatoms. The molecule has 152 valence electrons. The maximum Gasteiger partial charge on any atom is 0.303 e. The van der Waals surface area contributed by atoms with Crippen LogP contribution in [0.5, 0.6) is 0 Å². The first-order valence-electron chi connectivity index (χ1n) is 10.1. The molecule has 0 aromatic carbocycles. The number of esters is 1. The topological polar surface area (TPSA) is 73.0 Å². The Morgan fingerprint density at radius 3 is 2.30 bits per heavy atom. The number of Topliss-reactive ketones (excluding diaryl/α,β-unsaturated/α-hetero) is 2. The fourth-order valence-corrected chi connectivity index (χ4v) is 4.05. The fourth-order valence-electron chi connectivity index (χ4n) is 4.05. The Morgan fingerprint density at radius 2 is 1.70 bits per heavy atom. The number of ether oxygens (including phenoxy) is 2. The third-order valence-corrected chi connectivity index (χ3v) is 6.08. The van der Waals surface area contributed by atoms with E-state index in [2.05, 4.69) is 0 Å². The van der Waals surface area contributed by atoms with Crippen LogP contribution in [0.1, 0.15) is 86.5 Å². The monoisotopic (exact) mass is 378 g/mol. The molecule has 0 N–H and O–H groups in total. The number of hydrogen-bond acceptors (Lipinski definition) is 5. The number of rotatable bonds is 1. The Labute approximate surface area is 162 Å². The number of carbonyl (C=O) groups is 3. The van der Waals surface area contributed by atoms with Crippen molar-refractivity contribution in [2.75, 3.05) is 0 Å². The van der Waals surface area contributed by atoms with E-state index in [9.17, 15) is 14.4 Å². The molecule has 1 aliphatic heterocycles. The Hall–Kier alpha value is -1.49. The molecule has 0 spiro atoms. The van der Waals surface area contributed by atoms with Crippen LogP contribution in [-0.2, 0) is 23.9 Å². The molecule has 0 amide bonds. The zero-order valence-electron chi connectivity index (χ0n) is 17.6. The van der Waals surface area contributed by atoms with Crippen molar-refractivity contribution in [3.8, 4) is 0 Å². The first kappa shape index (κ1) is 21.8. The van der Waals surface area contributed by atoms with E-state index in [1.54, 1.807) is 0 Å². The second kappa shape index (κ2) is 8.26. The minimum atomic E-state index is -0.750. The van der Waals surface area contributed by atoms with E-state index in [0.29, 0.717) is 25.7 Å². The minimum absolute atomic E-state index is 0.0284. The van der Waals surface area contributed by atoms with Gasteiger partial charge in [0, 0.05) is 19.3 Å². The molecule has 4 atom stereocenters. The molecular weight excluding hydrogens is 344 g/mol. The molecule has 1 aliphatic carbocycles. The summed E-state index contributed by atoms with van der Waals surface area (Å²) < 4.78 is 11.4. The van der Waals surface area contributed by atoms with Gasteiger partial charge in [0.1, 0.15) is 23.1 Å². The minimum Gasteiger partial charge on any atom is -0.460 e. The van der Waals surface area contributed by atoms with Crippen LogP contribution in [0.25, 0.3) is 0 Å². The molecule has 0 radical (unpaired) electrons. The molecule has 2 aliphatic rings. The summed E-state index contributed by atoms with van der Waals surface area (Å²) in [6.07, 6.45) is 3.96. The predicted molar refractivity (Wildman–Crippen MR) is 103 cm³/mol. The van der Waals surface area contributed by atoms with Crippen molar-refractivity contribution < 1.29 is 23.9 Å². The fraction of sp³-hybridized carbons (Fsp3) is 0.773. The molecule has 0 bridgehead atoms. The molecule has 1 heterocycles. The van der Waals surface area contributed by atoms with Gasteiger partial charge in [0.15, 0.2) is 5.78 Å². The zero-order valence-corrected chi connectivity index (χ0v) is 17.6. The van der Waals surface area contributed by atoms with E-state index < -0.39 is 17.3 Å². The van der Waals surface area contributed by atoms with Gasteiger partial charge in [-0.1, -0.05) is 12.5 Å². The Morgan fingerprint density at radius 1 is 1.07 bits per heavy atom. The zero-order chi connectivity index (χ0) is 20.4. The van der Waals surface area contributed by atoms with Crippen LogP contribution in [0.2, 0.25) is 0 Å². The Kier molecular flexibility index (Phi) is 6.67. The largest absolute Gasteiger partial charge is 0.460 e. The van der Waals surface area contributed by atoms with Gasteiger partial charge in [0.25, 0.3) is 0 Å². The van der Waals surface area contributed by atoms with Crippen LogP contribution >= 0.6 is 0 Å². The van der Waals surface area contributed by atoms with Crippen molar-refractivity contribution >= 4 is 17.5 Å². The van der Waals surface area contributed by atoms with Gasteiger partial charge in [-0.3, -0.25) is 14.4 Å². The van der Waals surface area contributed by atoms with Crippen molar-refractivity contribution in [1.82, 2.24) is 0 Å². The summed E-state index contributed by atoms with van der Waals surface area (Å²) >= 11 is 0. The van der Waals surface area contributed by atoms with Gasteiger partial charge in [0.2, 0.25) is 0 Å². The van der Waals surface area contributed by atoms with Crippen molar-refractivity contribution in [2.24, 2.45) is 5.92 Å². The van der Waals surface area contributed by atoms with Crippen LogP contribution in [0.4, 0.5) is 0 Å². The lowest BCUT2D eigenvalue weighted by Crippen LogP contribution is -2.33. The summed E-state index contributed by atoms with van der Waals surface area (Å²) in [6.45, 7) is 11.1. The summed E-state index contributed by atoms with van der Waals surface area (Å²) in [7, 11) is 0. The van der Waals surface area contributed by atoms with Crippen molar-refractivity contribution in [3.05, 3.63) is 11.1 Å². The average molecular weight is 379 g/mol. The summed E-state index contributed by atoms with van der Waals surface area (Å²) in [6, 6.07) is 0. The van der Waals surface area contributed by atoms with E-state index in [1.807, 2.05) is 34.6 Å². The van der Waals surface area contributed by atoms with E-state index in [-0.39, 0.29) is 23.5 Å². The van der Waals surface area contributed by atoms with Gasteiger partial charge in [0.05, 0.1) is 0 Å². The van der Waals surface area contributed by atoms with Gasteiger partial charge in [-0.05, 0) is 71.8 Å². The average Bonchev–Trinajstić information content (AvgIpc) is 3.22. The highest BCUT2D eigenvalue weighted by atomic mass is 16.6. The molecule has 2 rings (SSSR count). The lowest BCUT2D eigenvalue weighted by molar-refractivity contribution is -0.157. The van der Waals surface area contributed by atoms with Crippen molar-refractivity contribution in [2.45, 2.75) is 104 Å². The number of hydrogen-bond donors (Lipinski definition) is 0. The van der Waals surface area contributed by atoms with Crippen LogP contribution < -0.4 is 0 Å². The number of allylic oxidation sites excluding steroid dienone is 1. The van der Waals surface area contributed by atoms with Gasteiger partial charge >= 0.3 is 5.97 Å². The van der Waals surface area contributed by atoms with E-state index in [1.165, 1.54) is 6.92 Å². The number of epoxide rings is 1. The molecule has 2 fully saturated rings. The standard InChI is InChI=1S/C22H34O5/c1-14(2)17-9-12-21(5,26-16(4)23)13-10-18(24)15(3)8-7-11-22(6)20(27-22)19(17)25/h15,20H,7-13H2,1-6H3/t15-,20-,21+,22-/m0/s1. The van der Waals surface area contributed by atoms with Crippen molar-refractivity contribution in [1.29, 1.82) is 0 Å². The maximum atomic E-state index is 13.0. The number of carbonyl (C=O) groups excluding carboxylic acids is 3. The molecule has 0 aromatic rings. The SMILES string of the molecule is CC(=O)O[C@@]1(C)CCC(=O)[C@@H](C)CCC[C@]2(C)O[C@H]2C(=O)C(=C(C)C)CC1. The summed E-state index contributed by atoms with van der Waals surface area (Å²) in [5.41, 5.74) is 0.572. The van der Waals surface area contributed by atoms with Gasteiger partial charge in [-0.15, -0.1) is 0 Å². The molecule has 0 unspecified atom stereocenters. The highest BCUT2D eigenvalue weighted by Gasteiger charge is 2.56. The normalized spacial score (nSPS) is 35.9. The first-order chi connectivity index (χ1) is 12.5. The maximum absolute atomic E-state index is 13.0. The van der Waals surface area contributed by atoms with Gasteiger partial charge < -0.3 is 9.47 Å². The smallest absolute Gasteiger partial charge is 0.303 e. The van der Waals surface area contributed by atoms with Crippen LogP contribution in [0.15, 0.2) is 11.1 Å². The lowest BCUT2D eigenvalue weighted by atomic mass is 9.84. The molecule has 5 nitrogen and oxygen atoms in total. The lowest BCUT2D eigenvalue weighted by Gasteiger charge is -2.30. The van der Waals surface area contributed by atoms with E-state index in [0.717, 1.165) is 30.4 Å². The third kappa shape index (κ3) is 5.50. The van der Waals surface area contributed by atoms with E-state index >= 15 is 0 Å². The predicted octanol–water partition coefficient (Wildman–Crippen LogP) is 4.32. The second-order valence-corrected chi connectivity index (χ2v) is 8.96. The molecule has 1 saturated heterocycles. The van der Waals surface area contributed by atoms with Crippen molar-refractivity contribution in [3.63, 3.8) is 0 Å². The Balaban J connectivity index is 2.26. The summed E-state index contributed by atoms with van der Waals surface area (Å²) in [5, 5.41) is 0. The number of ketones is 2. The van der Waals surface area contributed by atoms with E-state index in [4.69, 9.17) is 9.47 Å². The number of fused-ring (bicyclic) bond motifs is 1. The second-order valence-electron chi connectivity index (χ2n) is 8.96. The molecule has 1 saturated carbocycles. The first-order valence-corrected chi connectivity index (χ1v) is 10.1. The highest BCUT2D eigenvalue weighted by molar-refractivity contribution is 6.01. The summed E-state index contributed by atoms with van der Waals surface area (Å²) in [5.74, 6) is -0.118. The molecular formula is C22H34O5. The van der Waals surface area contributed by atoms with Crippen LogP contribution in [-0.4, -0.2) is 34.8 Å². The van der Waals surface area contributed by atoms with Crippen LogP contribution in [0.3, 0.4) is 0 Å². The quantitative estimate of drug-likeness (QED) is 0.386. The van der Waals surface area contributed by atoms with Gasteiger partial charge in [-0.2, -0.15) is 0 Å².